The van der Waals surface area contributed by atoms with Gasteiger partial charge in [-0.15, -0.1) is 5.10 Å². The van der Waals surface area contributed by atoms with Gasteiger partial charge in [-0.05, 0) is 30.3 Å². The molecule has 0 unspecified atom stereocenters. The van der Waals surface area contributed by atoms with Gasteiger partial charge in [0.1, 0.15) is 17.4 Å². The van der Waals surface area contributed by atoms with Crippen molar-refractivity contribution in [3.8, 4) is 0 Å². The van der Waals surface area contributed by atoms with Gasteiger partial charge in [-0.25, -0.2) is 13.9 Å². The highest BCUT2D eigenvalue weighted by Gasteiger charge is 2.16. The summed E-state index contributed by atoms with van der Waals surface area (Å²) in [7, 11) is 0. The molecule has 1 aromatic carbocycles. The molecule has 1 amide bonds. The SMILES string of the molecule is CC(C)(C)Sc1ccc2nn(CC(=O)Nc3ccc(F)cc3Cl)c(=O)n2n1. The molecule has 1 N–H and O–H groups in total. The van der Waals surface area contributed by atoms with Crippen LogP contribution in [0.5, 0.6) is 0 Å². The van der Waals surface area contributed by atoms with Crippen molar-refractivity contribution in [2.75, 3.05) is 5.32 Å². The minimum Gasteiger partial charge on any atom is -0.323 e. The van der Waals surface area contributed by atoms with Crippen molar-refractivity contribution in [3.63, 3.8) is 0 Å². The Hall–Kier alpha value is -2.39. The third-order valence-electron chi connectivity index (χ3n) is 3.33. The quantitative estimate of drug-likeness (QED) is 0.669. The van der Waals surface area contributed by atoms with Crippen LogP contribution >= 0.6 is 23.4 Å². The standard InChI is InChI=1S/C17H17ClFN5O2S/c1-17(2,3)27-15-7-6-13-21-23(16(26)24(13)22-15)9-14(25)20-12-5-4-10(19)8-11(12)18/h4-8H,9H2,1-3H3,(H,20,25). The molecule has 0 saturated heterocycles. The zero-order valence-electron chi connectivity index (χ0n) is 14.9. The number of halogens is 2. The Bertz CT molecular complexity index is 1070. The van der Waals surface area contributed by atoms with Crippen LogP contribution in [0.15, 0.2) is 40.2 Å². The lowest BCUT2D eigenvalue weighted by Gasteiger charge is -2.16. The fraction of sp³-hybridized carbons (Fsp3) is 0.294. The molecule has 0 bridgehead atoms. The topological polar surface area (TPSA) is 81.3 Å². The highest BCUT2D eigenvalue weighted by Crippen LogP contribution is 2.29. The lowest BCUT2D eigenvalue weighted by molar-refractivity contribution is -0.117. The number of fused-ring (bicyclic) bond motifs is 1. The first-order valence-corrected chi connectivity index (χ1v) is 9.23. The molecule has 3 aromatic rings. The number of anilines is 1. The van der Waals surface area contributed by atoms with Gasteiger partial charge in [0.25, 0.3) is 0 Å². The normalized spacial score (nSPS) is 11.7. The van der Waals surface area contributed by atoms with Crippen molar-refractivity contribution >= 4 is 40.6 Å². The Morgan fingerprint density at radius 3 is 2.67 bits per heavy atom. The summed E-state index contributed by atoms with van der Waals surface area (Å²) in [6.45, 7) is 5.81. The van der Waals surface area contributed by atoms with Crippen LogP contribution in [0.2, 0.25) is 5.02 Å². The number of aromatic nitrogens is 4. The van der Waals surface area contributed by atoms with Crippen molar-refractivity contribution < 1.29 is 9.18 Å². The number of hydrogen-bond acceptors (Lipinski definition) is 5. The van der Waals surface area contributed by atoms with Crippen molar-refractivity contribution in [2.45, 2.75) is 37.1 Å². The lowest BCUT2D eigenvalue weighted by atomic mass is 10.3. The smallest absolute Gasteiger partial charge is 0.323 e. The number of carbonyl (C=O) groups excluding carboxylic acids is 1. The maximum atomic E-state index is 13.1. The Morgan fingerprint density at radius 1 is 1.26 bits per heavy atom. The number of carbonyl (C=O) groups is 1. The molecule has 27 heavy (non-hydrogen) atoms. The number of benzene rings is 1. The molecular weight excluding hydrogens is 393 g/mol. The van der Waals surface area contributed by atoms with Gasteiger partial charge in [0.15, 0.2) is 5.65 Å². The second-order valence-corrected chi connectivity index (χ2v) is 9.02. The lowest BCUT2D eigenvalue weighted by Crippen LogP contribution is -2.29. The molecule has 0 fully saturated rings. The molecule has 0 aliphatic carbocycles. The second-order valence-electron chi connectivity index (χ2n) is 6.77. The van der Waals surface area contributed by atoms with E-state index < -0.39 is 17.4 Å². The average Bonchev–Trinajstić information content (AvgIpc) is 2.85. The third kappa shape index (κ3) is 4.67. The fourth-order valence-electron chi connectivity index (χ4n) is 2.28. The predicted octanol–water partition coefficient (Wildman–Crippen LogP) is 3.21. The van der Waals surface area contributed by atoms with Gasteiger partial charge in [-0.3, -0.25) is 4.79 Å². The van der Waals surface area contributed by atoms with Crippen molar-refractivity contribution in [1.29, 1.82) is 0 Å². The van der Waals surface area contributed by atoms with E-state index in [0.717, 1.165) is 15.3 Å². The minimum atomic E-state index is -0.526. The summed E-state index contributed by atoms with van der Waals surface area (Å²) in [5, 5.41) is 11.7. The highest BCUT2D eigenvalue weighted by molar-refractivity contribution is 8.00. The molecule has 0 saturated carbocycles. The summed E-state index contributed by atoms with van der Waals surface area (Å²) >= 11 is 7.41. The number of nitrogens with one attached hydrogen (secondary N) is 1. The Balaban J connectivity index is 1.81. The maximum absolute atomic E-state index is 13.1. The summed E-state index contributed by atoms with van der Waals surface area (Å²) in [6.07, 6.45) is 0. The zero-order chi connectivity index (χ0) is 19.8. The van der Waals surface area contributed by atoms with Gasteiger partial charge in [0.2, 0.25) is 5.91 Å². The molecular formula is C17H17ClFN5O2S. The minimum absolute atomic E-state index is 0.0609. The Morgan fingerprint density at radius 2 is 2.00 bits per heavy atom. The summed E-state index contributed by atoms with van der Waals surface area (Å²) in [5.74, 6) is -1.03. The monoisotopic (exact) mass is 409 g/mol. The van der Waals surface area contributed by atoms with E-state index in [2.05, 4.69) is 15.5 Å². The van der Waals surface area contributed by atoms with Crippen LogP contribution in [0.4, 0.5) is 10.1 Å². The average molecular weight is 410 g/mol. The van der Waals surface area contributed by atoms with E-state index in [1.807, 2.05) is 20.8 Å². The molecule has 2 heterocycles. The van der Waals surface area contributed by atoms with Crippen molar-refractivity contribution in [1.82, 2.24) is 19.4 Å². The molecule has 2 aromatic heterocycles. The predicted molar refractivity (Wildman–Crippen MR) is 103 cm³/mol. The summed E-state index contributed by atoms with van der Waals surface area (Å²) in [4.78, 5) is 24.7. The zero-order valence-corrected chi connectivity index (χ0v) is 16.4. The van der Waals surface area contributed by atoms with Crippen LogP contribution in [0.1, 0.15) is 20.8 Å². The Kier molecular flexibility index (Phi) is 5.25. The second kappa shape index (κ2) is 7.32. The molecule has 0 spiro atoms. The first-order chi connectivity index (χ1) is 12.6. The van der Waals surface area contributed by atoms with Gasteiger partial charge in [-0.2, -0.15) is 9.61 Å². The van der Waals surface area contributed by atoms with Crippen LogP contribution in [-0.2, 0) is 11.3 Å². The number of amides is 1. The summed E-state index contributed by atoms with van der Waals surface area (Å²) in [6, 6.07) is 7.07. The van der Waals surface area contributed by atoms with Gasteiger partial charge in [0, 0.05) is 4.75 Å². The van der Waals surface area contributed by atoms with Crippen LogP contribution in [0, 0.1) is 5.82 Å². The van der Waals surface area contributed by atoms with Gasteiger partial charge in [-0.1, -0.05) is 44.1 Å². The fourth-order valence-corrected chi connectivity index (χ4v) is 3.38. The van der Waals surface area contributed by atoms with Crippen LogP contribution in [0.3, 0.4) is 0 Å². The number of hydrogen-bond donors (Lipinski definition) is 1. The maximum Gasteiger partial charge on any atom is 0.367 e. The van der Waals surface area contributed by atoms with E-state index in [9.17, 15) is 14.0 Å². The Labute approximate surface area is 163 Å². The van der Waals surface area contributed by atoms with E-state index in [4.69, 9.17) is 11.6 Å². The first-order valence-electron chi connectivity index (χ1n) is 8.03. The molecule has 142 valence electrons. The third-order valence-corrected chi connectivity index (χ3v) is 4.68. The largest absolute Gasteiger partial charge is 0.367 e. The molecule has 0 aliphatic heterocycles. The van der Waals surface area contributed by atoms with Gasteiger partial charge < -0.3 is 5.32 Å². The number of rotatable bonds is 4. The van der Waals surface area contributed by atoms with E-state index in [-0.39, 0.29) is 22.0 Å². The van der Waals surface area contributed by atoms with Crippen LogP contribution in [-0.4, -0.2) is 30.0 Å². The van der Waals surface area contributed by atoms with Crippen LogP contribution in [0.25, 0.3) is 5.65 Å². The van der Waals surface area contributed by atoms with Crippen molar-refractivity contribution in [2.24, 2.45) is 0 Å². The van der Waals surface area contributed by atoms with Gasteiger partial charge in [0.05, 0.1) is 10.7 Å². The summed E-state index contributed by atoms with van der Waals surface area (Å²) < 4.78 is 15.2. The van der Waals surface area contributed by atoms with Gasteiger partial charge >= 0.3 is 5.69 Å². The van der Waals surface area contributed by atoms with Crippen LogP contribution < -0.4 is 11.0 Å². The number of nitrogens with zero attached hydrogens (tertiary/aromatic N) is 4. The first kappa shape index (κ1) is 19.4. The van der Waals surface area contributed by atoms with E-state index in [1.54, 1.807) is 12.1 Å². The molecule has 0 radical (unpaired) electrons. The summed E-state index contributed by atoms with van der Waals surface area (Å²) in [5.41, 5.74) is 0.0643. The molecule has 0 aliphatic rings. The molecule has 7 nitrogen and oxygen atoms in total. The molecule has 3 rings (SSSR count). The van der Waals surface area contributed by atoms with E-state index in [0.29, 0.717) is 10.7 Å². The van der Waals surface area contributed by atoms with Crippen molar-refractivity contribution in [3.05, 3.63) is 51.7 Å². The van der Waals surface area contributed by atoms with E-state index >= 15 is 0 Å². The molecule has 10 heteroatoms. The molecule has 0 atom stereocenters. The number of thioether (sulfide) groups is 1. The van der Waals surface area contributed by atoms with E-state index in [1.165, 1.54) is 23.9 Å². The highest BCUT2D eigenvalue weighted by atomic mass is 35.5.